The number of aliphatic hydroxyl groups is 1. The summed E-state index contributed by atoms with van der Waals surface area (Å²) < 4.78 is 0. The molecule has 1 aliphatic heterocycles. The van der Waals surface area contributed by atoms with Gasteiger partial charge in [-0.25, -0.2) is 0 Å². The van der Waals surface area contributed by atoms with Gasteiger partial charge in [0.15, 0.2) is 0 Å². The van der Waals surface area contributed by atoms with Crippen LogP contribution < -0.4 is 5.32 Å². The Balaban J connectivity index is 2.04. The minimum atomic E-state index is -0.121. The maximum absolute atomic E-state index is 9.77. The molecule has 0 bridgehead atoms. The molecule has 0 saturated carbocycles. The molecule has 0 unspecified atom stereocenters. The Hall–Kier alpha value is -0.900. The van der Waals surface area contributed by atoms with Gasteiger partial charge in [-0.3, -0.25) is 0 Å². The fourth-order valence-corrected chi connectivity index (χ4v) is 3.27. The third kappa shape index (κ3) is 4.06. The zero-order valence-corrected chi connectivity index (χ0v) is 13.8. The number of hydrogen-bond donors (Lipinski definition) is 2. The van der Waals surface area contributed by atoms with E-state index in [4.69, 9.17) is 0 Å². The van der Waals surface area contributed by atoms with Crippen LogP contribution in [0.25, 0.3) is 0 Å². The number of nitrogens with one attached hydrogen (secondary N) is 1. The second kappa shape index (κ2) is 6.91. The lowest BCUT2D eigenvalue weighted by Gasteiger charge is -2.34. The number of nitrogens with zero attached hydrogens (tertiary/aromatic N) is 1. The van der Waals surface area contributed by atoms with E-state index in [9.17, 15) is 5.11 Å². The summed E-state index contributed by atoms with van der Waals surface area (Å²) in [6, 6.07) is 11.8. The molecular formula is C18H30N2O. The van der Waals surface area contributed by atoms with Crippen molar-refractivity contribution in [1.82, 2.24) is 10.2 Å². The van der Waals surface area contributed by atoms with Crippen LogP contribution in [0.4, 0.5) is 0 Å². The summed E-state index contributed by atoms with van der Waals surface area (Å²) in [4.78, 5) is 2.41. The van der Waals surface area contributed by atoms with E-state index >= 15 is 0 Å². The van der Waals surface area contributed by atoms with Crippen molar-refractivity contribution in [2.24, 2.45) is 5.41 Å². The van der Waals surface area contributed by atoms with E-state index < -0.39 is 0 Å². The molecule has 0 amide bonds. The first kappa shape index (κ1) is 16.5. The van der Waals surface area contributed by atoms with Crippen molar-refractivity contribution in [2.75, 3.05) is 26.7 Å². The van der Waals surface area contributed by atoms with Crippen molar-refractivity contribution in [3.05, 3.63) is 35.9 Å². The summed E-state index contributed by atoms with van der Waals surface area (Å²) in [6.07, 6.45) is 1.21. The molecule has 0 aliphatic carbocycles. The molecule has 2 N–H and O–H groups in total. The largest absolute Gasteiger partial charge is 0.396 e. The van der Waals surface area contributed by atoms with Crippen molar-refractivity contribution < 1.29 is 5.11 Å². The Morgan fingerprint density at radius 3 is 2.52 bits per heavy atom. The molecule has 0 aromatic heterocycles. The highest BCUT2D eigenvalue weighted by Gasteiger charge is 2.32. The molecule has 2 rings (SSSR count). The van der Waals surface area contributed by atoms with Crippen LogP contribution in [0.2, 0.25) is 0 Å². The number of hydrogen-bond acceptors (Lipinski definition) is 3. The summed E-state index contributed by atoms with van der Waals surface area (Å²) >= 11 is 0. The Morgan fingerprint density at radius 2 is 2.00 bits per heavy atom. The van der Waals surface area contributed by atoms with Crippen LogP contribution in [0.15, 0.2) is 30.3 Å². The smallest absolute Gasteiger partial charge is 0.0488 e. The molecule has 21 heavy (non-hydrogen) atoms. The van der Waals surface area contributed by atoms with Gasteiger partial charge in [0.25, 0.3) is 0 Å². The molecule has 1 heterocycles. The van der Waals surface area contributed by atoms with Gasteiger partial charge in [-0.05, 0) is 31.4 Å². The summed E-state index contributed by atoms with van der Waals surface area (Å²) in [7, 11) is 2.19. The first-order valence-electron chi connectivity index (χ1n) is 8.03. The number of likely N-dealkylation sites (tertiary alicyclic amines) is 1. The number of aliphatic hydroxyl groups excluding tert-OH is 1. The third-order valence-corrected chi connectivity index (χ3v) is 5.05. The Labute approximate surface area is 129 Å². The van der Waals surface area contributed by atoms with Gasteiger partial charge < -0.3 is 15.3 Å². The molecule has 0 spiro atoms. The molecule has 3 nitrogen and oxygen atoms in total. The molecule has 0 radical (unpaired) electrons. The van der Waals surface area contributed by atoms with Crippen molar-refractivity contribution >= 4 is 0 Å². The summed E-state index contributed by atoms with van der Waals surface area (Å²) in [5.74, 6) is 0.324. The molecule has 118 valence electrons. The minimum absolute atomic E-state index is 0.121. The number of benzene rings is 1. The predicted molar refractivity (Wildman–Crippen MR) is 88.5 cm³/mol. The maximum Gasteiger partial charge on any atom is 0.0488 e. The van der Waals surface area contributed by atoms with Gasteiger partial charge >= 0.3 is 0 Å². The number of rotatable bonds is 6. The zero-order valence-electron chi connectivity index (χ0n) is 13.8. The summed E-state index contributed by atoms with van der Waals surface area (Å²) in [5.41, 5.74) is 1.19. The van der Waals surface area contributed by atoms with Gasteiger partial charge in [0.1, 0.15) is 0 Å². The van der Waals surface area contributed by atoms with Gasteiger partial charge in [-0.2, -0.15) is 0 Å². The Morgan fingerprint density at radius 1 is 1.33 bits per heavy atom. The summed E-state index contributed by atoms with van der Waals surface area (Å²) in [6.45, 7) is 8.82. The third-order valence-electron chi connectivity index (χ3n) is 5.05. The van der Waals surface area contributed by atoms with E-state index in [2.05, 4.69) is 62.3 Å². The average molecular weight is 290 g/mol. The highest BCUT2D eigenvalue weighted by atomic mass is 16.3. The number of likely N-dealkylation sites (N-methyl/N-ethyl adjacent to an activating group) is 1. The van der Waals surface area contributed by atoms with E-state index in [1.165, 1.54) is 12.0 Å². The van der Waals surface area contributed by atoms with Crippen LogP contribution in [0, 0.1) is 5.41 Å². The molecule has 1 fully saturated rings. The summed E-state index contributed by atoms with van der Waals surface area (Å²) in [5, 5.41) is 13.5. The average Bonchev–Trinajstić information content (AvgIpc) is 2.79. The van der Waals surface area contributed by atoms with Gasteiger partial charge in [0.2, 0.25) is 0 Å². The highest BCUT2D eigenvalue weighted by Crippen LogP contribution is 2.34. The van der Waals surface area contributed by atoms with E-state index in [-0.39, 0.29) is 12.0 Å². The molecule has 3 heteroatoms. The zero-order chi connectivity index (χ0) is 15.5. The molecule has 1 saturated heterocycles. The van der Waals surface area contributed by atoms with Crippen LogP contribution in [0.3, 0.4) is 0 Å². The topological polar surface area (TPSA) is 35.5 Å². The van der Waals surface area contributed by atoms with E-state index in [1.807, 2.05) is 6.07 Å². The monoisotopic (exact) mass is 290 g/mol. The highest BCUT2D eigenvalue weighted by molar-refractivity contribution is 5.22. The van der Waals surface area contributed by atoms with Crippen molar-refractivity contribution in [3.8, 4) is 0 Å². The Kier molecular flexibility index (Phi) is 5.42. The van der Waals surface area contributed by atoms with Gasteiger partial charge in [0.05, 0.1) is 0 Å². The van der Waals surface area contributed by atoms with E-state index in [0.29, 0.717) is 18.0 Å². The van der Waals surface area contributed by atoms with Crippen LogP contribution in [-0.2, 0) is 0 Å². The molecule has 1 aromatic rings. The van der Waals surface area contributed by atoms with Crippen LogP contribution in [-0.4, -0.2) is 48.8 Å². The first-order chi connectivity index (χ1) is 9.94. The normalized spacial score (nSPS) is 25.2. The standard InChI is InChI=1S/C18H30N2O/c1-14-10-16(12-20(14)4)19-11-17(18(2,3)13-21)15-8-6-5-7-9-15/h5-9,14,16-17,19,21H,10-13H2,1-4H3/t14-,16-,17-/m1/s1. The lowest BCUT2D eigenvalue weighted by molar-refractivity contribution is 0.127. The predicted octanol–water partition coefficient (Wildman–Crippen LogP) is 2.47. The molecule has 1 aromatic carbocycles. The van der Waals surface area contributed by atoms with E-state index in [0.717, 1.165) is 13.1 Å². The quantitative estimate of drug-likeness (QED) is 0.845. The van der Waals surface area contributed by atoms with Crippen molar-refractivity contribution in [3.63, 3.8) is 0 Å². The van der Waals surface area contributed by atoms with E-state index in [1.54, 1.807) is 0 Å². The SMILES string of the molecule is C[C@@H]1C[C@@H](NC[C@H](c2ccccc2)C(C)(C)CO)CN1C. The first-order valence-corrected chi connectivity index (χ1v) is 8.03. The fourth-order valence-electron chi connectivity index (χ4n) is 3.27. The second-order valence-corrected chi connectivity index (χ2v) is 7.24. The van der Waals surface area contributed by atoms with Crippen molar-refractivity contribution in [2.45, 2.75) is 45.2 Å². The van der Waals surface area contributed by atoms with Gasteiger partial charge in [-0.1, -0.05) is 44.2 Å². The maximum atomic E-state index is 9.77. The van der Waals surface area contributed by atoms with Gasteiger partial charge in [0, 0.05) is 37.7 Å². The van der Waals surface area contributed by atoms with Gasteiger partial charge in [-0.15, -0.1) is 0 Å². The second-order valence-electron chi connectivity index (χ2n) is 7.24. The molecule has 3 atom stereocenters. The van der Waals surface area contributed by atoms with Crippen LogP contribution in [0.5, 0.6) is 0 Å². The molecular weight excluding hydrogens is 260 g/mol. The van der Waals surface area contributed by atoms with Crippen LogP contribution >= 0.6 is 0 Å². The minimum Gasteiger partial charge on any atom is -0.396 e. The Bertz CT molecular complexity index is 422. The van der Waals surface area contributed by atoms with Crippen LogP contribution in [0.1, 0.15) is 38.7 Å². The lowest BCUT2D eigenvalue weighted by atomic mass is 9.75. The lowest BCUT2D eigenvalue weighted by Crippen LogP contribution is -2.39. The van der Waals surface area contributed by atoms with Crippen molar-refractivity contribution in [1.29, 1.82) is 0 Å². The molecule has 1 aliphatic rings. The fraction of sp³-hybridized carbons (Fsp3) is 0.667.